The highest BCUT2D eigenvalue weighted by Crippen LogP contribution is 2.68. The van der Waals surface area contributed by atoms with E-state index in [1.807, 2.05) is 0 Å². The maximum Gasteiger partial charge on any atom is 0.422 e. The Balaban J connectivity index is 1.57. The van der Waals surface area contributed by atoms with E-state index >= 15 is 4.39 Å². The van der Waals surface area contributed by atoms with Gasteiger partial charge in [-0.3, -0.25) is 9.79 Å². The number of ketones is 1. The molecule has 1 aromatic heterocycles. The zero-order chi connectivity index (χ0) is 25.8. The number of aryl methyl sites for hydroxylation is 1. The number of hydrogen-bond acceptors (Lipinski definition) is 7. The summed E-state index contributed by atoms with van der Waals surface area (Å²) < 4.78 is 82.6. The van der Waals surface area contributed by atoms with E-state index in [9.17, 15) is 26.7 Å². The van der Waals surface area contributed by atoms with Crippen LogP contribution in [0.3, 0.4) is 0 Å². The molecule has 6 nitrogen and oxygen atoms in total. The average Bonchev–Trinajstić information content (AvgIpc) is 3.51. The second-order valence-electron chi connectivity index (χ2n) is 8.73. The molecule has 2 aliphatic rings. The molecule has 2 N–H and O–H groups in total. The lowest BCUT2D eigenvalue weighted by Gasteiger charge is -2.34. The van der Waals surface area contributed by atoms with Crippen molar-refractivity contribution in [3.8, 4) is 5.88 Å². The summed E-state index contributed by atoms with van der Waals surface area (Å²) >= 11 is 0.809. The number of fused-ring (bicyclic) bond motifs is 1. The van der Waals surface area contributed by atoms with Crippen LogP contribution in [0.2, 0.25) is 0 Å². The van der Waals surface area contributed by atoms with Crippen LogP contribution in [0.4, 0.5) is 26.3 Å². The zero-order valence-corrected chi connectivity index (χ0v) is 19.3. The average molecular weight is 518 g/mol. The number of alkyl halides is 5. The van der Waals surface area contributed by atoms with E-state index in [0.29, 0.717) is 5.56 Å². The smallest absolute Gasteiger partial charge is 0.422 e. The Hall–Kier alpha value is -2.83. The van der Waals surface area contributed by atoms with E-state index in [4.69, 9.17) is 5.73 Å². The van der Waals surface area contributed by atoms with Crippen LogP contribution in [-0.4, -0.2) is 44.9 Å². The highest BCUT2D eigenvalue weighted by Gasteiger charge is 2.71. The molecule has 0 bridgehead atoms. The second kappa shape index (κ2) is 8.68. The largest absolute Gasteiger partial charge is 0.467 e. The third-order valence-electron chi connectivity index (χ3n) is 6.16. The maximum absolute atomic E-state index is 15.2. The molecule has 35 heavy (non-hydrogen) atoms. The van der Waals surface area contributed by atoms with E-state index in [-0.39, 0.29) is 34.8 Å². The van der Waals surface area contributed by atoms with Crippen LogP contribution in [0.15, 0.2) is 29.5 Å². The Kier molecular flexibility index (Phi) is 6.27. The molecule has 2 heterocycles. The molecule has 0 radical (unpaired) electrons. The Bertz CT molecular complexity index is 1190. The highest BCUT2D eigenvalue weighted by molar-refractivity contribution is 8.15. The van der Waals surface area contributed by atoms with Crippen molar-refractivity contribution in [1.82, 2.24) is 9.97 Å². The minimum Gasteiger partial charge on any atom is -0.467 e. The molecule has 2 aromatic rings. The number of ether oxygens (including phenoxy) is 1. The van der Waals surface area contributed by atoms with E-state index in [1.54, 1.807) is 6.92 Å². The van der Waals surface area contributed by atoms with Gasteiger partial charge in [0.15, 0.2) is 17.6 Å². The molecule has 3 atom stereocenters. The molecule has 0 amide bonds. The molecule has 1 aromatic carbocycles. The van der Waals surface area contributed by atoms with Gasteiger partial charge in [0.2, 0.25) is 5.88 Å². The lowest BCUT2D eigenvalue weighted by Crippen LogP contribution is -2.39. The number of halogens is 6. The van der Waals surface area contributed by atoms with Gasteiger partial charge < -0.3 is 10.5 Å². The predicted octanol–water partition coefficient (Wildman–Crippen LogP) is 4.59. The number of carbonyl (C=O) groups excluding carboxylic acids is 1. The van der Waals surface area contributed by atoms with Crippen molar-refractivity contribution in [3.63, 3.8) is 0 Å². The van der Waals surface area contributed by atoms with E-state index in [2.05, 4.69) is 19.7 Å². The first-order valence-corrected chi connectivity index (χ1v) is 11.2. The fraction of sp³-hybridized carbons (Fsp3) is 0.455. The van der Waals surface area contributed by atoms with Crippen LogP contribution >= 0.6 is 11.8 Å². The molecule has 1 fully saturated rings. The fourth-order valence-electron chi connectivity index (χ4n) is 4.39. The van der Waals surface area contributed by atoms with Crippen LogP contribution in [0.1, 0.15) is 40.5 Å². The minimum absolute atomic E-state index is 0.0526. The van der Waals surface area contributed by atoms with Gasteiger partial charge in [-0.15, -0.1) is 0 Å². The van der Waals surface area contributed by atoms with E-state index < -0.39 is 52.9 Å². The fourth-order valence-corrected chi connectivity index (χ4v) is 5.72. The summed E-state index contributed by atoms with van der Waals surface area (Å²) in [6.45, 7) is 1.49. The van der Waals surface area contributed by atoms with E-state index in [0.717, 1.165) is 24.2 Å². The second-order valence-corrected chi connectivity index (χ2v) is 10.1. The monoisotopic (exact) mass is 518 g/mol. The number of amidine groups is 1. The van der Waals surface area contributed by atoms with Crippen LogP contribution < -0.4 is 10.5 Å². The number of hydrogen-bond donors (Lipinski definition) is 1. The zero-order valence-electron chi connectivity index (χ0n) is 18.5. The summed E-state index contributed by atoms with van der Waals surface area (Å²) in [6, 6.07) is 2.86. The molecule has 0 spiro atoms. The first kappa shape index (κ1) is 25.3. The van der Waals surface area contributed by atoms with Gasteiger partial charge in [0, 0.05) is 17.9 Å². The maximum atomic E-state index is 15.2. The van der Waals surface area contributed by atoms with Crippen LogP contribution in [0.5, 0.6) is 5.88 Å². The Morgan fingerprint density at radius 3 is 2.60 bits per heavy atom. The molecule has 1 saturated carbocycles. The van der Waals surface area contributed by atoms with Crippen molar-refractivity contribution in [2.75, 3.05) is 6.61 Å². The van der Waals surface area contributed by atoms with Crippen LogP contribution in [0, 0.1) is 18.7 Å². The molecular formula is C22H20F6N4O2S. The van der Waals surface area contributed by atoms with Gasteiger partial charge in [-0.2, -0.15) is 13.2 Å². The summed E-state index contributed by atoms with van der Waals surface area (Å²) in [6.07, 6.45) is -5.45. The number of Topliss-reactive ketones (excluding diaryl/α,β-unsaturated/α-hetero) is 1. The topological polar surface area (TPSA) is 90.5 Å². The van der Waals surface area contributed by atoms with Gasteiger partial charge in [-0.05, 0) is 37.5 Å². The summed E-state index contributed by atoms with van der Waals surface area (Å²) in [5, 5.41) is -0.0526. The van der Waals surface area contributed by atoms with Gasteiger partial charge in [0.25, 0.3) is 6.43 Å². The lowest BCUT2D eigenvalue weighted by molar-refractivity contribution is -0.154. The molecule has 1 aliphatic carbocycles. The number of benzene rings is 1. The molecule has 13 heteroatoms. The first-order chi connectivity index (χ1) is 16.2. The number of aliphatic imine (C=N–C) groups is 1. The van der Waals surface area contributed by atoms with Crippen molar-refractivity contribution in [2.24, 2.45) is 16.6 Å². The molecule has 188 valence electrons. The van der Waals surface area contributed by atoms with Crippen LogP contribution in [-0.2, 0) is 12.0 Å². The number of thioether (sulfide) groups is 1. The van der Waals surface area contributed by atoms with Gasteiger partial charge >= 0.3 is 6.18 Å². The SMILES string of the molecule is Cc1cc(CC(=O)c2cnc(OCC(F)(F)F)cn2)cc([C@@]2(C)N=C(N)S[C@@]3(C(F)F)C[C@@H]23)c1F. The van der Waals surface area contributed by atoms with Gasteiger partial charge in [0.1, 0.15) is 11.5 Å². The Morgan fingerprint density at radius 2 is 2.00 bits per heavy atom. The van der Waals surface area contributed by atoms with Crippen molar-refractivity contribution >= 4 is 22.7 Å². The van der Waals surface area contributed by atoms with E-state index in [1.165, 1.54) is 19.1 Å². The van der Waals surface area contributed by atoms with Crippen molar-refractivity contribution in [3.05, 3.63) is 52.7 Å². The summed E-state index contributed by atoms with van der Waals surface area (Å²) in [4.78, 5) is 24.5. The molecule has 0 unspecified atom stereocenters. The number of nitrogens with zero attached hydrogens (tertiary/aromatic N) is 3. The Labute approximate surface area is 200 Å². The first-order valence-electron chi connectivity index (χ1n) is 10.4. The third-order valence-corrected chi connectivity index (χ3v) is 7.47. The van der Waals surface area contributed by atoms with Crippen LogP contribution in [0.25, 0.3) is 0 Å². The highest BCUT2D eigenvalue weighted by atomic mass is 32.2. The van der Waals surface area contributed by atoms with Crippen molar-refractivity contribution in [2.45, 2.75) is 49.6 Å². The van der Waals surface area contributed by atoms with Gasteiger partial charge in [-0.1, -0.05) is 17.8 Å². The molecule has 0 saturated heterocycles. The van der Waals surface area contributed by atoms with Crippen molar-refractivity contribution in [1.29, 1.82) is 0 Å². The quantitative estimate of drug-likeness (QED) is 0.426. The van der Waals surface area contributed by atoms with Gasteiger partial charge in [0.05, 0.1) is 22.7 Å². The third kappa shape index (κ3) is 4.82. The molecule has 4 rings (SSSR count). The van der Waals surface area contributed by atoms with Crippen molar-refractivity contribution < 1.29 is 35.9 Å². The number of rotatable bonds is 7. The minimum atomic E-state index is -4.55. The summed E-state index contributed by atoms with van der Waals surface area (Å²) in [5.41, 5.74) is 5.03. The summed E-state index contributed by atoms with van der Waals surface area (Å²) in [5.74, 6) is -2.18. The Morgan fingerprint density at radius 1 is 1.29 bits per heavy atom. The molecular weight excluding hydrogens is 498 g/mol. The van der Waals surface area contributed by atoms with Gasteiger partial charge in [-0.25, -0.2) is 23.1 Å². The predicted molar refractivity (Wildman–Crippen MR) is 116 cm³/mol. The standard InChI is InChI=1S/C22H20F6N4O2S/c1-10-3-11(5-14(33)13-7-31-16(8-30-13)34-9-22(26,27)28)4-12(17(10)23)20(2)15-6-21(15,18(24)25)35-19(29)32-20/h3-4,7-8,15,18H,5-6,9H2,1-2H3,(H2,29,32)/t15-,20+,21-/m0/s1. The lowest BCUT2D eigenvalue weighted by atomic mass is 9.83. The number of nitrogens with two attached hydrogens (primary N) is 1. The number of aromatic nitrogens is 2. The summed E-state index contributed by atoms with van der Waals surface area (Å²) in [7, 11) is 0. The molecule has 1 aliphatic heterocycles. The normalized spacial score (nSPS) is 25.7. The number of carbonyl (C=O) groups is 1.